The molecule has 3 heteroatoms. The van der Waals surface area contributed by atoms with E-state index >= 15 is 0 Å². The molecule has 0 N–H and O–H groups in total. The van der Waals surface area contributed by atoms with E-state index in [1.807, 2.05) is 60.7 Å². The molecule has 110 valence electrons. The minimum Gasteiger partial charge on any atom is -0.407 e. The van der Waals surface area contributed by atoms with Gasteiger partial charge in [0.1, 0.15) is 6.10 Å². The number of ketones is 1. The van der Waals surface area contributed by atoms with Crippen molar-refractivity contribution in [1.29, 1.82) is 0 Å². The molecule has 1 atom stereocenters. The van der Waals surface area contributed by atoms with Crippen molar-refractivity contribution < 1.29 is 9.22 Å². The van der Waals surface area contributed by atoms with Gasteiger partial charge in [-0.25, -0.2) is 0 Å². The first kappa shape index (κ1) is 15.7. The molecule has 0 radical (unpaired) electrons. The zero-order valence-corrected chi connectivity index (χ0v) is 13.9. The summed E-state index contributed by atoms with van der Waals surface area (Å²) in [6.45, 7) is 6.34. The number of rotatable bonds is 6. The number of hydrogen-bond donors (Lipinski definition) is 0. The largest absolute Gasteiger partial charge is 0.407 e. The van der Waals surface area contributed by atoms with E-state index in [4.69, 9.17) is 4.43 Å². The number of carbonyl (C=O) groups is 1. The second-order valence-corrected chi connectivity index (χ2v) is 10.6. The second kappa shape index (κ2) is 6.83. The smallest absolute Gasteiger partial charge is 0.190 e. The second-order valence-electron chi connectivity index (χ2n) is 6.14. The zero-order chi connectivity index (χ0) is 15.3. The predicted molar refractivity (Wildman–Crippen MR) is 89.1 cm³/mol. The van der Waals surface area contributed by atoms with Crippen LogP contribution in [0.4, 0.5) is 0 Å². The SMILES string of the molecule is C[Si](C)(C)OC(Cc1ccccc1)C(=O)c1ccccc1. The summed E-state index contributed by atoms with van der Waals surface area (Å²) in [5.41, 5.74) is 1.85. The molecule has 2 aromatic carbocycles. The van der Waals surface area contributed by atoms with E-state index in [0.29, 0.717) is 6.42 Å². The zero-order valence-electron chi connectivity index (χ0n) is 12.9. The van der Waals surface area contributed by atoms with Crippen molar-refractivity contribution in [2.75, 3.05) is 0 Å². The average Bonchev–Trinajstić information content (AvgIpc) is 2.46. The molecule has 0 saturated carbocycles. The third-order valence-corrected chi connectivity index (χ3v) is 4.10. The maximum absolute atomic E-state index is 12.7. The number of benzene rings is 2. The minimum absolute atomic E-state index is 0.0712. The predicted octanol–water partition coefficient (Wildman–Crippen LogP) is 4.33. The van der Waals surface area contributed by atoms with Gasteiger partial charge in [0.15, 0.2) is 14.1 Å². The molecule has 1 unspecified atom stereocenters. The topological polar surface area (TPSA) is 26.3 Å². The van der Waals surface area contributed by atoms with Gasteiger partial charge in [0.25, 0.3) is 0 Å². The monoisotopic (exact) mass is 298 g/mol. The van der Waals surface area contributed by atoms with E-state index in [2.05, 4.69) is 19.6 Å². The molecule has 2 aromatic rings. The molecule has 0 spiro atoms. The van der Waals surface area contributed by atoms with Crippen LogP contribution in [0.5, 0.6) is 0 Å². The summed E-state index contributed by atoms with van der Waals surface area (Å²) in [6.07, 6.45) is 0.222. The van der Waals surface area contributed by atoms with Gasteiger partial charge >= 0.3 is 0 Å². The van der Waals surface area contributed by atoms with Crippen LogP contribution >= 0.6 is 0 Å². The van der Waals surface area contributed by atoms with Gasteiger partial charge in [-0.1, -0.05) is 60.7 Å². The van der Waals surface area contributed by atoms with Crippen molar-refractivity contribution >= 4 is 14.1 Å². The maximum Gasteiger partial charge on any atom is 0.190 e. The van der Waals surface area contributed by atoms with Crippen LogP contribution in [0.25, 0.3) is 0 Å². The molecule has 0 aromatic heterocycles. The Kier molecular flexibility index (Phi) is 5.10. The Morgan fingerprint density at radius 3 is 2.00 bits per heavy atom. The lowest BCUT2D eigenvalue weighted by molar-refractivity contribution is 0.0780. The minimum atomic E-state index is -1.79. The molecule has 0 amide bonds. The molecular formula is C18H22O2Si. The molecule has 21 heavy (non-hydrogen) atoms. The first-order chi connectivity index (χ1) is 9.96. The molecule has 0 heterocycles. The maximum atomic E-state index is 12.7. The Balaban J connectivity index is 2.22. The van der Waals surface area contributed by atoms with Gasteiger partial charge < -0.3 is 4.43 Å². The van der Waals surface area contributed by atoms with Gasteiger partial charge in [0.05, 0.1) is 0 Å². The van der Waals surface area contributed by atoms with Crippen LogP contribution < -0.4 is 0 Å². The van der Waals surface area contributed by atoms with Crippen molar-refractivity contribution in [3.8, 4) is 0 Å². The molecule has 0 saturated heterocycles. The number of Topliss-reactive ketones (excluding diaryl/α,β-unsaturated/α-hetero) is 1. The van der Waals surface area contributed by atoms with Crippen molar-refractivity contribution in [2.45, 2.75) is 32.2 Å². The van der Waals surface area contributed by atoms with Crippen molar-refractivity contribution in [3.63, 3.8) is 0 Å². The number of carbonyl (C=O) groups excluding carboxylic acids is 1. The Morgan fingerprint density at radius 2 is 1.48 bits per heavy atom. The van der Waals surface area contributed by atoms with Gasteiger partial charge in [0.2, 0.25) is 0 Å². The summed E-state index contributed by atoms with van der Waals surface area (Å²) >= 11 is 0. The van der Waals surface area contributed by atoms with E-state index in [1.54, 1.807) is 0 Å². The van der Waals surface area contributed by atoms with Crippen LogP contribution in [0.1, 0.15) is 15.9 Å². The molecule has 0 bridgehead atoms. The highest BCUT2D eigenvalue weighted by Crippen LogP contribution is 2.17. The van der Waals surface area contributed by atoms with Crippen LogP contribution in [-0.4, -0.2) is 20.2 Å². The standard InChI is InChI=1S/C18H22O2Si/c1-21(2,3)20-17(14-15-10-6-4-7-11-15)18(19)16-12-8-5-9-13-16/h4-13,17H,14H2,1-3H3. The van der Waals surface area contributed by atoms with E-state index in [9.17, 15) is 4.79 Å². The summed E-state index contributed by atoms with van der Waals surface area (Å²) in [5, 5.41) is 0. The molecule has 0 fully saturated rings. The molecule has 2 rings (SSSR count). The fourth-order valence-electron chi connectivity index (χ4n) is 2.23. The molecule has 0 aliphatic carbocycles. The van der Waals surface area contributed by atoms with Crippen LogP contribution in [0.15, 0.2) is 60.7 Å². The van der Waals surface area contributed by atoms with Crippen molar-refractivity contribution in [3.05, 3.63) is 71.8 Å². The Hall–Kier alpha value is -1.71. The quantitative estimate of drug-likeness (QED) is 0.586. The lowest BCUT2D eigenvalue weighted by Gasteiger charge is -2.25. The summed E-state index contributed by atoms with van der Waals surface area (Å²) in [6, 6.07) is 19.5. The van der Waals surface area contributed by atoms with Crippen LogP contribution in [0.3, 0.4) is 0 Å². The Bertz CT molecular complexity index is 573. The van der Waals surface area contributed by atoms with Gasteiger partial charge in [-0.15, -0.1) is 0 Å². The van der Waals surface area contributed by atoms with Crippen molar-refractivity contribution in [1.82, 2.24) is 0 Å². The summed E-state index contributed by atoms with van der Waals surface area (Å²) in [7, 11) is -1.79. The van der Waals surface area contributed by atoms with E-state index in [0.717, 1.165) is 11.1 Å². The third-order valence-electron chi connectivity index (χ3n) is 3.11. The molecule has 0 aliphatic rings. The first-order valence-corrected chi connectivity index (χ1v) is 10.7. The summed E-state index contributed by atoms with van der Waals surface area (Å²) in [4.78, 5) is 12.7. The highest BCUT2D eigenvalue weighted by atomic mass is 28.4. The molecular weight excluding hydrogens is 276 g/mol. The van der Waals surface area contributed by atoms with Crippen LogP contribution in [-0.2, 0) is 10.8 Å². The van der Waals surface area contributed by atoms with Crippen molar-refractivity contribution in [2.24, 2.45) is 0 Å². The first-order valence-electron chi connectivity index (χ1n) is 7.27. The molecule has 0 aliphatic heterocycles. The fourth-order valence-corrected chi connectivity index (χ4v) is 3.28. The van der Waals surface area contributed by atoms with E-state index in [-0.39, 0.29) is 5.78 Å². The van der Waals surface area contributed by atoms with E-state index < -0.39 is 14.4 Å². The van der Waals surface area contributed by atoms with Gasteiger partial charge in [-0.05, 0) is 25.2 Å². The number of hydrogen-bond acceptors (Lipinski definition) is 2. The Morgan fingerprint density at radius 1 is 0.952 bits per heavy atom. The fraction of sp³-hybridized carbons (Fsp3) is 0.278. The lowest BCUT2D eigenvalue weighted by atomic mass is 10.0. The molecule has 2 nitrogen and oxygen atoms in total. The third kappa shape index (κ3) is 4.96. The van der Waals surface area contributed by atoms with Crippen LogP contribution in [0.2, 0.25) is 19.6 Å². The van der Waals surface area contributed by atoms with Gasteiger partial charge in [-0.2, -0.15) is 0 Å². The van der Waals surface area contributed by atoms with Crippen LogP contribution in [0, 0.1) is 0 Å². The van der Waals surface area contributed by atoms with Gasteiger partial charge in [0, 0.05) is 12.0 Å². The normalized spacial score (nSPS) is 12.9. The average molecular weight is 298 g/mol. The Labute approximate surface area is 127 Å². The highest BCUT2D eigenvalue weighted by molar-refractivity contribution is 6.69. The lowest BCUT2D eigenvalue weighted by Crippen LogP contribution is -2.38. The summed E-state index contributed by atoms with van der Waals surface area (Å²) in [5.74, 6) is 0.0712. The summed E-state index contributed by atoms with van der Waals surface area (Å²) < 4.78 is 6.15. The van der Waals surface area contributed by atoms with E-state index in [1.165, 1.54) is 0 Å². The van der Waals surface area contributed by atoms with Gasteiger partial charge in [-0.3, -0.25) is 4.79 Å². The highest BCUT2D eigenvalue weighted by Gasteiger charge is 2.27.